The monoisotopic (exact) mass is 671 g/mol. The molecule has 1 aliphatic rings. The summed E-state index contributed by atoms with van der Waals surface area (Å²) in [5.41, 5.74) is -8.54. The molecule has 1 fully saturated rings. The number of hydrogen-bond acceptors (Lipinski definition) is 3. The van der Waals surface area contributed by atoms with Crippen molar-refractivity contribution in [3.05, 3.63) is 42.5 Å². The van der Waals surface area contributed by atoms with Gasteiger partial charge in [0.2, 0.25) is 11.1 Å². The number of likely N-dealkylation sites (N-methyl/N-ethyl adjacent to an activating group) is 1. The highest BCUT2D eigenvalue weighted by Crippen LogP contribution is 2.44. The molecule has 0 aromatic heterocycles. The zero-order valence-electron chi connectivity index (χ0n) is 23.8. The second-order valence-electron chi connectivity index (χ2n) is 10.2. The second kappa shape index (κ2) is 13.4. The number of anilines is 1. The fourth-order valence-electron chi connectivity index (χ4n) is 3.88. The van der Waals surface area contributed by atoms with E-state index in [0.717, 1.165) is 15.5 Å². The molecule has 3 N–H and O–H groups in total. The third-order valence-electron chi connectivity index (χ3n) is 7.13. The van der Waals surface area contributed by atoms with Crippen LogP contribution in [0.25, 0.3) is 10.8 Å². The maximum Gasteiger partial charge on any atom is 0.420 e. The number of halogens is 12. The number of carbonyl (C=O) groups excluding carboxylic acids is 2. The Labute approximate surface area is 248 Å². The van der Waals surface area contributed by atoms with Crippen molar-refractivity contribution in [2.75, 3.05) is 38.0 Å². The van der Waals surface area contributed by atoms with Crippen molar-refractivity contribution in [3.8, 4) is 0 Å². The van der Waals surface area contributed by atoms with Crippen LogP contribution in [0, 0.1) is 0 Å². The van der Waals surface area contributed by atoms with Crippen LogP contribution in [-0.2, 0) is 0 Å². The third-order valence-corrected chi connectivity index (χ3v) is 7.13. The molecule has 0 bridgehead atoms. The molecule has 0 saturated carbocycles. The maximum atomic E-state index is 12.8. The number of amides is 4. The molecular formula is C26H29F12N5O2. The van der Waals surface area contributed by atoms with Crippen LogP contribution in [0.4, 0.5) is 68.0 Å². The van der Waals surface area contributed by atoms with Crippen molar-refractivity contribution in [1.29, 1.82) is 0 Å². The normalized spacial score (nSPS) is 15.7. The number of benzene rings is 2. The van der Waals surface area contributed by atoms with Crippen molar-refractivity contribution in [2.24, 2.45) is 0 Å². The van der Waals surface area contributed by atoms with Crippen LogP contribution < -0.4 is 16.0 Å². The molecule has 1 aliphatic heterocycles. The van der Waals surface area contributed by atoms with Crippen LogP contribution in [-0.4, -0.2) is 90.4 Å². The Morgan fingerprint density at radius 1 is 0.667 bits per heavy atom. The number of carbonyl (C=O) groups is 2. The van der Waals surface area contributed by atoms with Crippen molar-refractivity contribution in [3.63, 3.8) is 0 Å². The van der Waals surface area contributed by atoms with Gasteiger partial charge in [0, 0.05) is 31.6 Å². The smallest absolute Gasteiger partial charge is 0.322 e. The molecule has 0 radical (unpaired) electrons. The quantitative estimate of drug-likeness (QED) is 0.305. The van der Waals surface area contributed by atoms with Crippen LogP contribution >= 0.6 is 0 Å². The first-order chi connectivity index (χ1) is 20.4. The molecule has 7 nitrogen and oxygen atoms in total. The minimum atomic E-state index is -5.71. The first-order valence-corrected chi connectivity index (χ1v) is 13.0. The van der Waals surface area contributed by atoms with Crippen molar-refractivity contribution in [2.45, 2.75) is 56.6 Å². The average Bonchev–Trinajstić information content (AvgIpc) is 2.91. The highest BCUT2D eigenvalue weighted by molar-refractivity contribution is 6.01. The van der Waals surface area contributed by atoms with E-state index in [9.17, 15) is 62.3 Å². The minimum absolute atomic E-state index is 0.0762. The van der Waals surface area contributed by atoms with E-state index in [1.165, 1.54) is 12.1 Å². The van der Waals surface area contributed by atoms with Crippen molar-refractivity contribution < 1.29 is 62.3 Å². The number of rotatable bonds is 4. The van der Waals surface area contributed by atoms with E-state index in [1.807, 2.05) is 17.1 Å². The maximum absolute atomic E-state index is 12.8. The first kappa shape index (κ1) is 37.5. The van der Waals surface area contributed by atoms with E-state index in [1.54, 1.807) is 30.3 Å². The summed E-state index contributed by atoms with van der Waals surface area (Å²) in [6, 6.07) is 8.22. The van der Waals surface area contributed by atoms with E-state index in [0.29, 0.717) is 30.4 Å². The number of hydrogen-bond donors (Lipinski definition) is 3. The van der Waals surface area contributed by atoms with Gasteiger partial charge in [-0.2, -0.15) is 52.7 Å². The lowest BCUT2D eigenvalue weighted by Crippen LogP contribution is -2.68. The molecule has 1 heterocycles. The number of alkyl halides is 12. The molecule has 254 valence electrons. The van der Waals surface area contributed by atoms with E-state index < -0.39 is 47.8 Å². The predicted octanol–water partition coefficient (Wildman–Crippen LogP) is 7.06. The van der Waals surface area contributed by atoms with Gasteiger partial charge in [0.25, 0.3) is 0 Å². The summed E-state index contributed by atoms with van der Waals surface area (Å²) in [7, 11) is 0. The first-order valence-electron chi connectivity index (χ1n) is 13.0. The van der Waals surface area contributed by atoms with Gasteiger partial charge >= 0.3 is 36.8 Å². The number of nitrogens with one attached hydrogen (secondary N) is 3. The van der Waals surface area contributed by atoms with Gasteiger partial charge < -0.3 is 25.8 Å². The molecular weight excluding hydrogens is 642 g/mol. The summed E-state index contributed by atoms with van der Waals surface area (Å²) in [6.45, 7) is 3.38. The van der Waals surface area contributed by atoms with Crippen LogP contribution in [0.3, 0.4) is 0 Å². The summed E-state index contributed by atoms with van der Waals surface area (Å²) >= 11 is 0. The van der Waals surface area contributed by atoms with Crippen LogP contribution in [0.1, 0.15) is 20.8 Å². The van der Waals surface area contributed by atoms with Crippen LogP contribution in [0.2, 0.25) is 0 Å². The number of fused-ring (bicyclic) bond motifs is 1. The zero-order chi connectivity index (χ0) is 34.6. The van der Waals surface area contributed by atoms with Crippen LogP contribution in [0.15, 0.2) is 42.5 Å². The lowest BCUT2D eigenvalue weighted by molar-refractivity contribution is -0.298. The molecule has 4 amide bonds. The molecule has 2 aromatic carbocycles. The summed E-state index contributed by atoms with van der Waals surface area (Å²) < 4.78 is 153. The molecule has 3 rings (SSSR count). The molecule has 0 aliphatic carbocycles. The van der Waals surface area contributed by atoms with Gasteiger partial charge in [-0.3, -0.25) is 0 Å². The zero-order valence-corrected chi connectivity index (χ0v) is 23.8. The lowest BCUT2D eigenvalue weighted by Gasteiger charge is -2.39. The fourth-order valence-corrected chi connectivity index (χ4v) is 3.88. The lowest BCUT2D eigenvalue weighted by atomic mass is 10.0. The highest BCUT2D eigenvalue weighted by Gasteiger charge is 2.69. The van der Waals surface area contributed by atoms with Crippen LogP contribution in [0.5, 0.6) is 0 Å². The summed E-state index contributed by atoms with van der Waals surface area (Å²) in [6.07, 6.45) is -22.7. The van der Waals surface area contributed by atoms with Gasteiger partial charge in [0.1, 0.15) is 0 Å². The Kier molecular flexibility index (Phi) is 11.2. The fraction of sp³-hybridized carbons (Fsp3) is 0.538. The highest BCUT2D eigenvalue weighted by atomic mass is 19.4. The van der Waals surface area contributed by atoms with Gasteiger partial charge in [0.05, 0.1) is 5.69 Å². The Morgan fingerprint density at radius 3 is 1.58 bits per heavy atom. The molecule has 45 heavy (non-hydrogen) atoms. The number of piperazine rings is 1. The van der Waals surface area contributed by atoms with E-state index >= 15 is 0 Å². The van der Waals surface area contributed by atoms with E-state index in [4.69, 9.17) is 0 Å². The van der Waals surface area contributed by atoms with Gasteiger partial charge in [-0.1, -0.05) is 43.3 Å². The van der Waals surface area contributed by atoms with Gasteiger partial charge in [-0.25, -0.2) is 9.59 Å². The molecule has 0 spiro atoms. The summed E-state index contributed by atoms with van der Waals surface area (Å²) in [4.78, 5) is 26.3. The standard InChI is InChI=1S/C15H12F6N2O.C11H17F6N3O/c1-13(14(16,17)18,15(19,20)21)23-12(24)22-11-8-4-6-9-5-2-3-7-10(9)11;1-3-19-4-6-20(7-5-19)8(21)18-9(2,10(12,13)14)11(15,16)17/h2-8H,1H3,(H2,22,23,24);3-7H2,1-2H3,(H,18,21). The topological polar surface area (TPSA) is 76.7 Å². The summed E-state index contributed by atoms with van der Waals surface area (Å²) in [5, 5.41) is 5.27. The predicted molar refractivity (Wildman–Crippen MR) is 139 cm³/mol. The Balaban J connectivity index is 0.000000317. The SMILES string of the molecule is CC(NC(=O)Nc1cccc2ccccc12)(C(F)(F)F)C(F)(F)F.CCN1CCN(C(=O)NC(C)(C(F)(F)F)C(F)(F)F)CC1. The Bertz CT molecular complexity index is 1280. The van der Waals surface area contributed by atoms with Gasteiger partial charge in [0.15, 0.2) is 0 Å². The second-order valence-corrected chi connectivity index (χ2v) is 10.2. The number of urea groups is 2. The molecule has 0 atom stereocenters. The minimum Gasteiger partial charge on any atom is -0.322 e. The Morgan fingerprint density at radius 2 is 1.11 bits per heavy atom. The third kappa shape index (κ3) is 8.55. The largest absolute Gasteiger partial charge is 0.420 e. The average molecular weight is 672 g/mol. The number of nitrogens with zero attached hydrogens (tertiary/aromatic N) is 2. The van der Waals surface area contributed by atoms with Gasteiger partial charge in [-0.05, 0) is 31.8 Å². The molecule has 0 unspecified atom stereocenters. The molecule has 2 aromatic rings. The van der Waals surface area contributed by atoms with Crippen molar-refractivity contribution >= 4 is 28.5 Å². The molecule has 1 saturated heterocycles. The van der Waals surface area contributed by atoms with Crippen molar-refractivity contribution in [1.82, 2.24) is 20.4 Å². The molecule has 19 heteroatoms. The summed E-state index contributed by atoms with van der Waals surface area (Å²) in [5.74, 6) is 0. The van der Waals surface area contributed by atoms with E-state index in [2.05, 4.69) is 0 Å². The van der Waals surface area contributed by atoms with E-state index in [-0.39, 0.29) is 32.6 Å². The van der Waals surface area contributed by atoms with Gasteiger partial charge in [-0.15, -0.1) is 0 Å². The Hall–Kier alpha value is -3.64.